The first kappa shape index (κ1) is 10.9. The van der Waals surface area contributed by atoms with Gasteiger partial charge >= 0.3 is 5.97 Å². The average molecular weight is 214 g/mol. The molecule has 0 bridgehead atoms. The van der Waals surface area contributed by atoms with Crippen molar-refractivity contribution in [2.45, 2.75) is 45.0 Å². The lowest BCUT2D eigenvalue weighted by Gasteiger charge is -2.34. The number of fused-ring (bicyclic) bond motifs is 1. The molecule has 1 N–H and O–H groups in total. The maximum atomic E-state index is 11.7. The average Bonchev–Trinajstić information content (AvgIpc) is 2.43. The minimum atomic E-state index is -0.890. The molecule has 0 spiro atoms. The quantitative estimate of drug-likeness (QED) is 0.699. The number of carbonyl (C=O) groups excluding carboxylic acids is 1. The third kappa shape index (κ3) is 1.88. The molecule has 0 amide bonds. The van der Waals surface area contributed by atoms with E-state index in [0.29, 0.717) is 13.0 Å². The van der Waals surface area contributed by atoms with Crippen LogP contribution >= 0.6 is 0 Å². The van der Waals surface area contributed by atoms with Crippen LogP contribution in [0.5, 0.6) is 0 Å². The summed E-state index contributed by atoms with van der Waals surface area (Å²) in [4.78, 5) is 11.7. The van der Waals surface area contributed by atoms with Gasteiger partial charge in [-0.15, -0.1) is 0 Å². The number of hydrogen-bond donors (Lipinski definition) is 1. The van der Waals surface area contributed by atoms with E-state index in [9.17, 15) is 9.90 Å². The Balaban J connectivity index is 2.08. The molecule has 1 saturated heterocycles. The van der Waals surface area contributed by atoms with E-state index < -0.39 is 11.9 Å². The van der Waals surface area contributed by atoms with E-state index in [4.69, 9.17) is 9.47 Å². The Morgan fingerprint density at radius 1 is 1.67 bits per heavy atom. The molecular formula is C11H18O4. The first-order chi connectivity index (χ1) is 7.04. The predicted molar refractivity (Wildman–Crippen MR) is 53.0 cm³/mol. The minimum absolute atomic E-state index is 0.220. The number of rotatable bonds is 2. The highest BCUT2D eigenvalue weighted by atomic mass is 16.7. The monoisotopic (exact) mass is 214 g/mol. The van der Waals surface area contributed by atoms with Gasteiger partial charge in [0.05, 0.1) is 11.5 Å². The van der Waals surface area contributed by atoms with Crippen LogP contribution in [0.15, 0.2) is 0 Å². The van der Waals surface area contributed by atoms with Crippen molar-refractivity contribution in [3.05, 3.63) is 0 Å². The zero-order valence-corrected chi connectivity index (χ0v) is 9.23. The number of aliphatic hydroxyl groups is 1. The Labute approximate surface area is 89.6 Å². The number of hydrogen-bond acceptors (Lipinski definition) is 4. The van der Waals surface area contributed by atoms with Crippen molar-refractivity contribution in [1.82, 2.24) is 0 Å². The van der Waals surface area contributed by atoms with Crippen LogP contribution in [0.1, 0.15) is 33.1 Å². The summed E-state index contributed by atoms with van der Waals surface area (Å²) in [6.45, 7) is 4.15. The van der Waals surface area contributed by atoms with E-state index in [1.54, 1.807) is 6.92 Å². The second-order valence-corrected chi connectivity index (χ2v) is 4.69. The zero-order valence-electron chi connectivity index (χ0n) is 9.23. The summed E-state index contributed by atoms with van der Waals surface area (Å²) in [5.41, 5.74) is -0.890. The number of ether oxygens (including phenoxy) is 2. The molecule has 4 atom stereocenters. The fourth-order valence-corrected chi connectivity index (χ4v) is 2.79. The van der Waals surface area contributed by atoms with Crippen molar-refractivity contribution in [1.29, 1.82) is 0 Å². The van der Waals surface area contributed by atoms with Crippen LogP contribution in [-0.2, 0) is 14.3 Å². The molecule has 4 nitrogen and oxygen atoms in total. The highest BCUT2D eigenvalue weighted by Crippen LogP contribution is 2.46. The molecule has 0 aromatic rings. The Kier molecular flexibility index (Phi) is 2.73. The van der Waals surface area contributed by atoms with Crippen LogP contribution in [0.3, 0.4) is 0 Å². The van der Waals surface area contributed by atoms with Gasteiger partial charge in [-0.3, -0.25) is 4.79 Å². The lowest BCUT2D eigenvalue weighted by molar-refractivity contribution is -0.208. The molecule has 0 radical (unpaired) electrons. The second kappa shape index (κ2) is 3.76. The van der Waals surface area contributed by atoms with E-state index in [2.05, 4.69) is 0 Å². The van der Waals surface area contributed by atoms with Crippen LogP contribution in [0.4, 0.5) is 0 Å². The zero-order chi connectivity index (χ0) is 11.1. The summed E-state index contributed by atoms with van der Waals surface area (Å²) in [6.07, 6.45) is 1.88. The van der Waals surface area contributed by atoms with Crippen LogP contribution in [0.25, 0.3) is 0 Å². The maximum absolute atomic E-state index is 11.7. The van der Waals surface area contributed by atoms with E-state index in [1.165, 1.54) is 0 Å². The van der Waals surface area contributed by atoms with Crippen molar-refractivity contribution in [2.24, 2.45) is 11.8 Å². The minimum Gasteiger partial charge on any atom is -0.435 e. The summed E-state index contributed by atoms with van der Waals surface area (Å²) in [5.74, 6) is -0.431. The second-order valence-electron chi connectivity index (χ2n) is 4.69. The molecule has 4 heteroatoms. The van der Waals surface area contributed by atoms with Gasteiger partial charge in [0.1, 0.15) is 0 Å². The fourth-order valence-electron chi connectivity index (χ4n) is 2.79. The molecule has 4 unspecified atom stereocenters. The highest BCUT2D eigenvalue weighted by molar-refractivity contribution is 5.75. The lowest BCUT2D eigenvalue weighted by atomic mass is 9.84. The molecule has 1 saturated carbocycles. The molecule has 1 aliphatic carbocycles. The fraction of sp³-hybridized carbons (Fsp3) is 0.909. The molecule has 1 aliphatic heterocycles. The van der Waals surface area contributed by atoms with E-state index in [1.807, 2.05) is 6.92 Å². The number of carbonyl (C=O) groups is 1. The summed E-state index contributed by atoms with van der Waals surface area (Å²) >= 11 is 0. The lowest BCUT2D eigenvalue weighted by Crippen LogP contribution is -2.45. The van der Waals surface area contributed by atoms with Crippen LogP contribution < -0.4 is 0 Å². The van der Waals surface area contributed by atoms with Crippen molar-refractivity contribution in [3.63, 3.8) is 0 Å². The van der Waals surface area contributed by atoms with Gasteiger partial charge in [-0.2, -0.15) is 0 Å². The van der Waals surface area contributed by atoms with Crippen LogP contribution in [0.2, 0.25) is 0 Å². The van der Waals surface area contributed by atoms with Gasteiger partial charge in [0, 0.05) is 13.0 Å². The topological polar surface area (TPSA) is 55.8 Å². The van der Waals surface area contributed by atoms with Crippen molar-refractivity contribution >= 4 is 5.97 Å². The summed E-state index contributed by atoms with van der Waals surface area (Å²) < 4.78 is 10.5. The molecule has 2 aliphatic rings. The Bertz CT molecular complexity index is 261. The number of cyclic esters (lactones) is 1. The molecule has 2 fully saturated rings. The van der Waals surface area contributed by atoms with E-state index in [-0.39, 0.29) is 17.8 Å². The van der Waals surface area contributed by atoms with Crippen molar-refractivity contribution < 1.29 is 19.4 Å². The van der Waals surface area contributed by atoms with Crippen molar-refractivity contribution in [3.8, 4) is 0 Å². The van der Waals surface area contributed by atoms with Gasteiger partial charge in [-0.1, -0.05) is 0 Å². The van der Waals surface area contributed by atoms with Crippen LogP contribution in [0, 0.1) is 11.8 Å². The maximum Gasteiger partial charge on any atom is 0.314 e. The molecule has 2 rings (SSSR count). The van der Waals surface area contributed by atoms with Gasteiger partial charge in [0.2, 0.25) is 6.29 Å². The van der Waals surface area contributed by atoms with Gasteiger partial charge in [-0.05, 0) is 32.6 Å². The molecular weight excluding hydrogens is 196 g/mol. The molecule has 0 aromatic carbocycles. The summed E-state index contributed by atoms with van der Waals surface area (Å²) in [5, 5.41) is 10.0. The summed E-state index contributed by atoms with van der Waals surface area (Å²) in [6, 6.07) is 0. The van der Waals surface area contributed by atoms with Gasteiger partial charge < -0.3 is 14.6 Å². The van der Waals surface area contributed by atoms with Gasteiger partial charge in [-0.25, -0.2) is 0 Å². The van der Waals surface area contributed by atoms with Gasteiger partial charge in [0.15, 0.2) is 0 Å². The molecule has 15 heavy (non-hydrogen) atoms. The highest BCUT2D eigenvalue weighted by Gasteiger charge is 2.52. The summed E-state index contributed by atoms with van der Waals surface area (Å²) in [7, 11) is 0. The molecule has 0 aromatic heterocycles. The smallest absolute Gasteiger partial charge is 0.314 e. The Morgan fingerprint density at radius 3 is 3.07 bits per heavy atom. The third-order valence-electron chi connectivity index (χ3n) is 3.51. The third-order valence-corrected chi connectivity index (χ3v) is 3.51. The van der Waals surface area contributed by atoms with Crippen LogP contribution in [-0.4, -0.2) is 29.6 Å². The first-order valence-electron chi connectivity index (χ1n) is 5.59. The van der Waals surface area contributed by atoms with E-state index >= 15 is 0 Å². The normalized spacial score (nSPS) is 45.0. The molecule has 86 valence electrons. The van der Waals surface area contributed by atoms with Crippen molar-refractivity contribution in [2.75, 3.05) is 6.61 Å². The SMILES string of the molecule is CCOC1CC2CCC(C)(O)C2C(=O)O1. The standard InChI is InChI=1S/C11H18O4/c1-3-14-8-6-7-4-5-11(2,13)9(7)10(12)15-8/h7-9,13H,3-6H2,1-2H3. The first-order valence-corrected chi connectivity index (χ1v) is 5.59. The Hall–Kier alpha value is -0.610. The largest absolute Gasteiger partial charge is 0.435 e. The van der Waals surface area contributed by atoms with Gasteiger partial charge in [0.25, 0.3) is 0 Å². The Morgan fingerprint density at radius 2 is 2.40 bits per heavy atom. The number of esters is 1. The van der Waals surface area contributed by atoms with E-state index in [0.717, 1.165) is 12.8 Å². The predicted octanol–water partition coefficient (Wildman–Crippen LogP) is 1.07. The molecule has 1 heterocycles.